The third-order valence-corrected chi connectivity index (χ3v) is 2.54. The van der Waals surface area contributed by atoms with Crippen LogP contribution in [0.1, 0.15) is 0 Å². The molecule has 0 spiro atoms. The van der Waals surface area contributed by atoms with Gasteiger partial charge < -0.3 is 0 Å². The van der Waals surface area contributed by atoms with E-state index in [2.05, 4.69) is 19.6 Å². The topological polar surface area (TPSA) is 54.5 Å². The Morgan fingerprint density at radius 3 is 3.14 bits per heavy atom. The van der Waals surface area contributed by atoms with E-state index >= 15 is 0 Å². The Labute approximate surface area is 83.8 Å². The summed E-state index contributed by atoms with van der Waals surface area (Å²) in [5, 5.41) is 7.95. The maximum absolute atomic E-state index is 4.18. The Morgan fingerprint density at radius 2 is 2.29 bits per heavy atom. The van der Waals surface area contributed by atoms with Crippen molar-refractivity contribution in [2.24, 2.45) is 0 Å². The van der Waals surface area contributed by atoms with E-state index in [1.807, 2.05) is 18.2 Å². The molecule has 0 aliphatic carbocycles. The first-order valence-electron chi connectivity index (χ1n) is 4.13. The molecule has 0 fully saturated rings. The van der Waals surface area contributed by atoms with Crippen molar-refractivity contribution >= 4 is 22.4 Å². The zero-order chi connectivity index (χ0) is 9.38. The minimum absolute atomic E-state index is 0.776. The quantitative estimate of drug-likeness (QED) is 0.657. The second-order valence-electron chi connectivity index (χ2n) is 2.93. The molecule has 0 aliphatic heterocycles. The number of hydrogen-bond acceptors (Lipinski definition) is 4. The Kier molecular flexibility index (Phi) is 1.57. The van der Waals surface area contributed by atoms with Gasteiger partial charge in [-0.2, -0.15) is 9.47 Å². The third-order valence-electron chi connectivity index (χ3n) is 2.06. The maximum atomic E-state index is 4.18. The largest absolute Gasteiger partial charge is 0.278 e. The molecule has 3 rings (SSSR count). The number of hydrogen-bond donors (Lipinski definition) is 1. The first-order valence-corrected chi connectivity index (χ1v) is 4.97. The van der Waals surface area contributed by atoms with E-state index < -0.39 is 0 Å². The van der Waals surface area contributed by atoms with E-state index in [0.717, 1.165) is 22.3 Å². The molecule has 4 nitrogen and oxygen atoms in total. The Bertz CT molecular complexity index is 555. The van der Waals surface area contributed by atoms with E-state index in [0.29, 0.717) is 0 Å². The molecule has 0 saturated heterocycles. The van der Waals surface area contributed by atoms with Gasteiger partial charge in [0.25, 0.3) is 0 Å². The molecule has 1 aromatic carbocycles. The fraction of sp³-hybridized carbons (Fsp3) is 0. The van der Waals surface area contributed by atoms with Gasteiger partial charge in [-0.15, -0.1) is 0 Å². The van der Waals surface area contributed by atoms with E-state index in [1.165, 1.54) is 11.5 Å². The Morgan fingerprint density at radius 1 is 1.29 bits per heavy atom. The van der Waals surface area contributed by atoms with Crippen LogP contribution >= 0.6 is 11.5 Å². The lowest BCUT2D eigenvalue weighted by atomic mass is 10.1. The molecule has 0 amide bonds. The van der Waals surface area contributed by atoms with Crippen LogP contribution in [0.2, 0.25) is 0 Å². The molecule has 0 atom stereocenters. The summed E-state index contributed by atoms with van der Waals surface area (Å²) >= 11 is 1.36. The summed E-state index contributed by atoms with van der Waals surface area (Å²) in [5.41, 5.74) is 3.79. The maximum Gasteiger partial charge on any atom is 0.172 e. The molecule has 68 valence electrons. The molecule has 2 aromatic heterocycles. The van der Waals surface area contributed by atoms with Crippen molar-refractivity contribution in [3.05, 3.63) is 29.9 Å². The number of aromatic amines is 1. The number of nitrogens with one attached hydrogen (secondary N) is 1. The summed E-state index contributed by atoms with van der Waals surface area (Å²) in [6, 6.07) is 6.00. The van der Waals surface area contributed by atoms with Crippen LogP contribution in [0.15, 0.2) is 29.9 Å². The fourth-order valence-corrected chi connectivity index (χ4v) is 1.83. The van der Waals surface area contributed by atoms with Crippen LogP contribution in [0.5, 0.6) is 0 Å². The van der Waals surface area contributed by atoms with Gasteiger partial charge >= 0.3 is 0 Å². The molecule has 0 aliphatic rings. The molecule has 0 bridgehead atoms. The van der Waals surface area contributed by atoms with Crippen LogP contribution in [0.4, 0.5) is 0 Å². The highest BCUT2D eigenvalue weighted by molar-refractivity contribution is 7.03. The summed E-state index contributed by atoms with van der Waals surface area (Å²) in [7, 11) is 0. The van der Waals surface area contributed by atoms with Gasteiger partial charge in [0.1, 0.15) is 5.51 Å². The lowest BCUT2D eigenvalue weighted by molar-refractivity contribution is 1.12. The average Bonchev–Trinajstić information content (AvgIpc) is 2.88. The van der Waals surface area contributed by atoms with Crippen LogP contribution in [-0.2, 0) is 0 Å². The fourth-order valence-electron chi connectivity index (χ4n) is 1.38. The third kappa shape index (κ3) is 1.10. The highest BCUT2D eigenvalue weighted by atomic mass is 32.1. The predicted molar refractivity (Wildman–Crippen MR) is 55.0 cm³/mol. The van der Waals surface area contributed by atoms with Crippen LogP contribution in [0.3, 0.4) is 0 Å². The van der Waals surface area contributed by atoms with Gasteiger partial charge in [-0.3, -0.25) is 5.10 Å². The van der Waals surface area contributed by atoms with Gasteiger partial charge in [0, 0.05) is 10.9 Å². The first kappa shape index (κ1) is 7.64. The highest BCUT2D eigenvalue weighted by Gasteiger charge is 2.03. The van der Waals surface area contributed by atoms with Crippen LogP contribution in [0, 0.1) is 0 Å². The van der Waals surface area contributed by atoms with Crippen molar-refractivity contribution in [1.29, 1.82) is 0 Å². The molecular weight excluding hydrogens is 196 g/mol. The second kappa shape index (κ2) is 2.88. The molecule has 0 saturated carbocycles. The number of nitrogens with zero attached hydrogens (tertiary/aromatic N) is 3. The van der Waals surface area contributed by atoms with Crippen molar-refractivity contribution in [3.8, 4) is 11.4 Å². The van der Waals surface area contributed by atoms with E-state index in [-0.39, 0.29) is 0 Å². The Balaban J connectivity index is 2.23. The lowest BCUT2D eigenvalue weighted by Crippen LogP contribution is -1.79. The molecule has 3 aromatic rings. The van der Waals surface area contributed by atoms with Crippen molar-refractivity contribution in [3.63, 3.8) is 0 Å². The smallest absolute Gasteiger partial charge is 0.172 e. The monoisotopic (exact) mass is 202 g/mol. The van der Waals surface area contributed by atoms with Gasteiger partial charge in [-0.05, 0) is 29.7 Å². The SMILES string of the molecule is c1nc(-c2ccc3[nH]ncc3c2)ns1. The number of fused-ring (bicyclic) bond motifs is 1. The summed E-state index contributed by atoms with van der Waals surface area (Å²) in [6.45, 7) is 0. The number of aromatic nitrogens is 4. The zero-order valence-electron chi connectivity index (χ0n) is 7.14. The summed E-state index contributed by atoms with van der Waals surface area (Å²) in [4.78, 5) is 4.15. The van der Waals surface area contributed by atoms with Crippen molar-refractivity contribution in [2.45, 2.75) is 0 Å². The van der Waals surface area contributed by atoms with E-state index in [4.69, 9.17) is 0 Å². The molecule has 0 unspecified atom stereocenters. The van der Waals surface area contributed by atoms with Crippen LogP contribution < -0.4 is 0 Å². The van der Waals surface area contributed by atoms with Gasteiger partial charge in [0.05, 0.1) is 11.7 Å². The summed E-state index contributed by atoms with van der Waals surface area (Å²) < 4.78 is 4.18. The van der Waals surface area contributed by atoms with E-state index in [1.54, 1.807) is 11.7 Å². The lowest BCUT2D eigenvalue weighted by Gasteiger charge is -1.94. The van der Waals surface area contributed by atoms with Crippen molar-refractivity contribution < 1.29 is 0 Å². The molecule has 5 heteroatoms. The average molecular weight is 202 g/mol. The highest BCUT2D eigenvalue weighted by Crippen LogP contribution is 2.20. The summed E-state index contributed by atoms with van der Waals surface area (Å²) in [5.74, 6) is 0.776. The van der Waals surface area contributed by atoms with Crippen molar-refractivity contribution in [1.82, 2.24) is 19.6 Å². The van der Waals surface area contributed by atoms with Gasteiger partial charge in [-0.1, -0.05) is 0 Å². The van der Waals surface area contributed by atoms with E-state index in [9.17, 15) is 0 Å². The van der Waals surface area contributed by atoms with Crippen LogP contribution in [0.25, 0.3) is 22.3 Å². The normalized spacial score (nSPS) is 10.9. The second-order valence-corrected chi connectivity index (χ2v) is 3.53. The number of benzene rings is 1. The molecule has 1 N–H and O–H groups in total. The molecule has 14 heavy (non-hydrogen) atoms. The standard InChI is InChI=1S/C9H6N4S/c1-2-8-7(4-11-12-8)3-6(1)9-10-5-14-13-9/h1-5H,(H,11,12). The predicted octanol–water partition coefficient (Wildman–Crippen LogP) is 2.08. The minimum Gasteiger partial charge on any atom is -0.278 e. The zero-order valence-corrected chi connectivity index (χ0v) is 7.95. The summed E-state index contributed by atoms with van der Waals surface area (Å²) in [6.07, 6.45) is 1.80. The molecule has 0 radical (unpaired) electrons. The Hall–Kier alpha value is -1.75. The first-order chi connectivity index (χ1) is 6.93. The molecular formula is C9H6N4S. The number of H-pyrrole nitrogens is 1. The van der Waals surface area contributed by atoms with Gasteiger partial charge in [0.2, 0.25) is 0 Å². The van der Waals surface area contributed by atoms with Gasteiger partial charge in [-0.25, -0.2) is 4.98 Å². The molecule has 2 heterocycles. The number of rotatable bonds is 1. The van der Waals surface area contributed by atoms with Crippen LogP contribution in [-0.4, -0.2) is 19.6 Å². The van der Waals surface area contributed by atoms with Crippen molar-refractivity contribution in [2.75, 3.05) is 0 Å². The van der Waals surface area contributed by atoms with Gasteiger partial charge in [0.15, 0.2) is 5.82 Å². The minimum atomic E-state index is 0.776.